The normalized spacial score (nSPS) is 19.6. The van der Waals surface area contributed by atoms with E-state index in [4.69, 9.17) is 0 Å². The summed E-state index contributed by atoms with van der Waals surface area (Å²) in [6.45, 7) is 0.961. The number of tetrazole rings is 1. The molecule has 1 fully saturated rings. The summed E-state index contributed by atoms with van der Waals surface area (Å²) < 4.78 is 2.06. The van der Waals surface area contributed by atoms with Crippen molar-refractivity contribution in [1.29, 1.82) is 0 Å². The van der Waals surface area contributed by atoms with Crippen LogP contribution in [-0.2, 0) is 7.05 Å². The Kier molecular flexibility index (Phi) is 3.68. The molecule has 0 bridgehead atoms. The molecule has 1 aliphatic rings. The number of hydrogen-bond acceptors (Lipinski definition) is 5. The van der Waals surface area contributed by atoms with Crippen LogP contribution in [0.5, 0.6) is 0 Å². The number of nitrogens with one attached hydrogen (secondary N) is 1. The maximum absolute atomic E-state index is 3.95. The smallest absolute Gasteiger partial charge is 0.242 e. The molecule has 0 amide bonds. The summed E-state index contributed by atoms with van der Waals surface area (Å²) in [5.74, 6) is 0.763. The van der Waals surface area contributed by atoms with Gasteiger partial charge in [0.05, 0.1) is 0 Å². The van der Waals surface area contributed by atoms with Crippen LogP contribution in [0.2, 0.25) is 0 Å². The highest BCUT2D eigenvalue weighted by Gasteiger charge is 2.31. The van der Waals surface area contributed by atoms with Crippen LogP contribution in [0.25, 0.3) is 0 Å². The minimum Gasteiger partial charge on any atom is -0.352 e. The topological polar surface area (TPSA) is 55.6 Å². The van der Waals surface area contributed by atoms with Crippen molar-refractivity contribution in [3.8, 4) is 0 Å². The van der Waals surface area contributed by atoms with E-state index < -0.39 is 0 Å². The van der Waals surface area contributed by atoms with E-state index in [0.717, 1.165) is 12.5 Å². The standard InChI is InChI=1S/C10H19N5S/c1-15-9(12-13-14-15)11-8-10(16-2)6-4-3-5-7-10/h3-8H2,1-2H3,(H,11,12,14). The highest BCUT2D eigenvalue weighted by atomic mass is 32.2. The molecular weight excluding hydrogens is 222 g/mol. The van der Waals surface area contributed by atoms with Gasteiger partial charge in [0, 0.05) is 18.3 Å². The lowest BCUT2D eigenvalue weighted by atomic mass is 9.88. The minimum atomic E-state index is 0.379. The second-order valence-corrected chi connectivity index (χ2v) is 5.70. The van der Waals surface area contributed by atoms with Crippen molar-refractivity contribution in [2.24, 2.45) is 7.05 Å². The Labute approximate surface area is 100 Å². The third kappa shape index (κ3) is 2.48. The van der Waals surface area contributed by atoms with Gasteiger partial charge in [0.1, 0.15) is 0 Å². The second-order valence-electron chi connectivity index (χ2n) is 4.43. The Hall–Kier alpha value is -0.780. The zero-order valence-electron chi connectivity index (χ0n) is 9.94. The van der Waals surface area contributed by atoms with Gasteiger partial charge >= 0.3 is 0 Å². The summed E-state index contributed by atoms with van der Waals surface area (Å²) >= 11 is 1.98. The van der Waals surface area contributed by atoms with Gasteiger partial charge in [-0.1, -0.05) is 24.4 Å². The first-order valence-corrected chi connectivity index (χ1v) is 7.00. The molecule has 16 heavy (non-hydrogen) atoms. The summed E-state index contributed by atoms with van der Waals surface area (Å²) in [5.41, 5.74) is 0. The monoisotopic (exact) mass is 241 g/mol. The highest BCUT2D eigenvalue weighted by Crippen LogP contribution is 2.38. The molecule has 0 saturated heterocycles. The maximum atomic E-state index is 3.95. The summed E-state index contributed by atoms with van der Waals surface area (Å²) in [7, 11) is 1.86. The Balaban J connectivity index is 1.94. The van der Waals surface area contributed by atoms with Crippen LogP contribution in [0.3, 0.4) is 0 Å². The quantitative estimate of drug-likeness (QED) is 0.869. The number of rotatable bonds is 4. The number of thioether (sulfide) groups is 1. The predicted octanol–water partition coefficient (Wildman–Crippen LogP) is 1.69. The molecule has 0 unspecified atom stereocenters. The van der Waals surface area contributed by atoms with Crippen LogP contribution < -0.4 is 5.32 Å². The minimum absolute atomic E-state index is 0.379. The molecule has 0 aliphatic heterocycles. The van der Waals surface area contributed by atoms with Gasteiger partial charge in [-0.15, -0.1) is 0 Å². The fraction of sp³-hybridized carbons (Fsp3) is 0.900. The number of aryl methyl sites for hydroxylation is 1. The lowest BCUT2D eigenvalue weighted by Crippen LogP contribution is -2.36. The van der Waals surface area contributed by atoms with Gasteiger partial charge < -0.3 is 5.32 Å². The van der Waals surface area contributed by atoms with E-state index in [9.17, 15) is 0 Å². The van der Waals surface area contributed by atoms with E-state index in [1.54, 1.807) is 4.68 Å². The average molecular weight is 241 g/mol. The first-order chi connectivity index (χ1) is 7.76. The van der Waals surface area contributed by atoms with E-state index >= 15 is 0 Å². The van der Waals surface area contributed by atoms with Crippen molar-refractivity contribution in [2.45, 2.75) is 36.9 Å². The van der Waals surface area contributed by atoms with Gasteiger partial charge in [0.2, 0.25) is 5.95 Å². The molecule has 1 saturated carbocycles. The lowest BCUT2D eigenvalue weighted by molar-refractivity contribution is 0.410. The van der Waals surface area contributed by atoms with Crippen LogP contribution in [0.15, 0.2) is 0 Å². The van der Waals surface area contributed by atoms with Crippen molar-refractivity contribution in [3.05, 3.63) is 0 Å². The molecule has 1 aromatic rings. The average Bonchev–Trinajstić information content (AvgIpc) is 2.74. The van der Waals surface area contributed by atoms with Crippen LogP contribution in [0.4, 0.5) is 5.95 Å². The van der Waals surface area contributed by atoms with Crippen molar-refractivity contribution < 1.29 is 0 Å². The van der Waals surface area contributed by atoms with Gasteiger partial charge in [-0.25, -0.2) is 4.68 Å². The van der Waals surface area contributed by atoms with E-state index in [0.29, 0.717) is 4.75 Å². The zero-order valence-corrected chi connectivity index (χ0v) is 10.8. The summed E-state index contributed by atoms with van der Waals surface area (Å²) in [4.78, 5) is 0. The van der Waals surface area contributed by atoms with E-state index in [-0.39, 0.29) is 0 Å². The van der Waals surface area contributed by atoms with Gasteiger partial charge in [0.15, 0.2) is 0 Å². The van der Waals surface area contributed by atoms with Crippen LogP contribution in [0, 0.1) is 0 Å². The predicted molar refractivity (Wildman–Crippen MR) is 66.6 cm³/mol. The first kappa shape index (κ1) is 11.7. The van der Waals surface area contributed by atoms with Crippen molar-refractivity contribution in [1.82, 2.24) is 20.2 Å². The molecule has 2 rings (SSSR count). The van der Waals surface area contributed by atoms with Crippen molar-refractivity contribution in [2.75, 3.05) is 18.1 Å². The zero-order chi connectivity index (χ0) is 11.4. The molecule has 0 radical (unpaired) electrons. The molecule has 1 aliphatic carbocycles. The molecule has 0 spiro atoms. The van der Waals surface area contributed by atoms with E-state index in [1.807, 2.05) is 18.8 Å². The second kappa shape index (κ2) is 5.03. The van der Waals surface area contributed by atoms with Crippen molar-refractivity contribution >= 4 is 17.7 Å². The summed E-state index contributed by atoms with van der Waals surface area (Å²) in [6.07, 6.45) is 8.88. The molecule has 90 valence electrons. The Morgan fingerprint density at radius 2 is 2.12 bits per heavy atom. The first-order valence-electron chi connectivity index (χ1n) is 5.77. The fourth-order valence-electron chi connectivity index (χ4n) is 2.27. The third-order valence-electron chi connectivity index (χ3n) is 3.39. The highest BCUT2D eigenvalue weighted by molar-refractivity contribution is 8.00. The van der Waals surface area contributed by atoms with E-state index in [2.05, 4.69) is 27.1 Å². The molecule has 1 N–H and O–H groups in total. The SMILES string of the molecule is CSC1(CNc2nnnn2C)CCCCC1. The van der Waals surface area contributed by atoms with Crippen LogP contribution >= 0.6 is 11.8 Å². The molecule has 1 aromatic heterocycles. The Morgan fingerprint density at radius 1 is 1.38 bits per heavy atom. The molecule has 6 heteroatoms. The van der Waals surface area contributed by atoms with E-state index in [1.165, 1.54) is 32.1 Å². The van der Waals surface area contributed by atoms with Gasteiger partial charge in [-0.3, -0.25) is 0 Å². The largest absolute Gasteiger partial charge is 0.352 e. The molecule has 5 nitrogen and oxygen atoms in total. The van der Waals surface area contributed by atoms with Gasteiger partial charge in [0.25, 0.3) is 0 Å². The fourth-order valence-corrected chi connectivity index (χ4v) is 3.18. The number of anilines is 1. The van der Waals surface area contributed by atoms with Gasteiger partial charge in [-0.05, 0) is 29.5 Å². The third-order valence-corrected chi connectivity index (χ3v) is 4.81. The number of hydrogen-bond donors (Lipinski definition) is 1. The Morgan fingerprint density at radius 3 is 2.69 bits per heavy atom. The van der Waals surface area contributed by atoms with Crippen molar-refractivity contribution in [3.63, 3.8) is 0 Å². The molecule has 0 atom stereocenters. The van der Waals surface area contributed by atoms with Crippen LogP contribution in [-0.4, -0.2) is 37.8 Å². The van der Waals surface area contributed by atoms with Gasteiger partial charge in [-0.2, -0.15) is 11.8 Å². The lowest BCUT2D eigenvalue weighted by Gasteiger charge is -2.35. The Bertz CT molecular complexity index is 332. The summed E-state index contributed by atoms with van der Waals surface area (Å²) in [5, 5.41) is 14.8. The summed E-state index contributed by atoms with van der Waals surface area (Å²) in [6, 6.07) is 0. The molecular formula is C10H19N5S. The number of nitrogens with zero attached hydrogens (tertiary/aromatic N) is 4. The molecule has 1 heterocycles. The molecule has 0 aromatic carbocycles. The number of aromatic nitrogens is 4. The van der Waals surface area contributed by atoms with Crippen LogP contribution in [0.1, 0.15) is 32.1 Å². The maximum Gasteiger partial charge on any atom is 0.242 e.